The Bertz CT molecular complexity index is 366. The highest BCUT2D eigenvalue weighted by molar-refractivity contribution is 5.42. The third-order valence-corrected chi connectivity index (χ3v) is 3.56. The Labute approximate surface area is 101 Å². The minimum atomic E-state index is 0.250. The fourth-order valence-electron chi connectivity index (χ4n) is 2.43. The Balaban J connectivity index is 3.33. The molecule has 1 unspecified atom stereocenters. The minimum Gasteiger partial charge on any atom is -0.0648 e. The van der Waals surface area contributed by atoms with E-state index >= 15 is 0 Å². The molecule has 0 saturated heterocycles. The standard InChI is InChI=1S/C16H26/c1-8-11(2)14-10-15(16(5,6)7)13(4)9-12(14)3/h9-11H,8H2,1-7H3. The van der Waals surface area contributed by atoms with Gasteiger partial charge in [-0.2, -0.15) is 0 Å². The minimum absolute atomic E-state index is 0.250. The summed E-state index contributed by atoms with van der Waals surface area (Å²) in [6, 6.07) is 4.78. The molecule has 0 spiro atoms. The summed E-state index contributed by atoms with van der Waals surface area (Å²) in [5.41, 5.74) is 6.14. The van der Waals surface area contributed by atoms with E-state index in [4.69, 9.17) is 0 Å². The molecule has 1 aromatic carbocycles. The predicted octanol–water partition coefficient (Wildman–Crippen LogP) is 5.11. The number of hydrogen-bond acceptors (Lipinski definition) is 0. The van der Waals surface area contributed by atoms with Crippen LogP contribution in [0.4, 0.5) is 0 Å². The highest BCUT2D eigenvalue weighted by Gasteiger charge is 2.18. The van der Waals surface area contributed by atoms with Crippen molar-refractivity contribution in [2.45, 2.75) is 66.2 Å². The fourth-order valence-corrected chi connectivity index (χ4v) is 2.43. The third kappa shape index (κ3) is 2.66. The molecular formula is C16H26. The van der Waals surface area contributed by atoms with Crippen LogP contribution in [0.2, 0.25) is 0 Å². The lowest BCUT2D eigenvalue weighted by atomic mass is 9.80. The molecule has 0 radical (unpaired) electrons. The van der Waals surface area contributed by atoms with E-state index in [0.717, 1.165) is 0 Å². The molecule has 0 aliphatic heterocycles. The second-order valence-corrected chi connectivity index (χ2v) is 6.08. The zero-order valence-corrected chi connectivity index (χ0v) is 11.9. The van der Waals surface area contributed by atoms with Gasteiger partial charge in [-0.25, -0.2) is 0 Å². The molecule has 0 aliphatic carbocycles. The van der Waals surface area contributed by atoms with Crippen molar-refractivity contribution in [3.63, 3.8) is 0 Å². The van der Waals surface area contributed by atoms with Crippen LogP contribution in [0.1, 0.15) is 69.2 Å². The van der Waals surface area contributed by atoms with Crippen molar-refractivity contribution in [1.82, 2.24) is 0 Å². The van der Waals surface area contributed by atoms with Gasteiger partial charge in [-0.1, -0.05) is 46.8 Å². The summed E-state index contributed by atoms with van der Waals surface area (Å²) in [6.45, 7) is 15.9. The average molecular weight is 218 g/mol. The van der Waals surface area contributed by atoms with Crippen LogP contribution in [-0.4, -0.2) is 0 Å². The molecule has 0 amide bonds. The van der Waals surface area contributed by atoms with Crippen molar-refractivity contribution < 1.29 is 0 Å². The molecule has 1 atom stereocenters. The van der Waals surface area contributed by atoms with Crippen molar-refractivity contribution in [1.29, 1.82) is 0 Å². The molecule has 0 heterocycles. The SMILES string of the molecule is CCC(C)c1cc(C(C)(C)C)c(C)cc1C. The van der Waals surface area contributed by atoms with E-state index in [0.29, 0.717) is 5.92 Å². The Hall–Kier alpha value is -0.780. The van der Waals surface area contributed by atoms with Gasteiger partial charge in [-0.05, 0) is 53.9 Å². The van der Waals surface area contributed by atoms with E-state index in [1.807, 2.05) is 0 Å². The summed E-state index contributed by atoms with van der Waals surface area (Å²) < 4.78 is 0. The quantitative estimate of drug-likeness (QED) is 0.646. The van der Waals surface area contributed by atoms with Gasteiger partial charge in [0.2, 0.25) is 0 Å². The van der Waals surface area contributed by atoms with E-state index in [1.165, 1.54) is 28.7 Å². The van der Waals surface area contributed by atoms with Crippen LogP contribution in [0.3, 0.4) is 0 Å². The van der Waals surface area contributed by atoms with Crippen molar-refractivity contribution in [2.75, 3.05) is 0 Å². The van der Waals surface area contributed by atoms with Gasteiger partial charge in [0.25, 0.3) is 0 Å². The maximum Gasteiger partial charge on any atom is -0.0129 e. The van der Waals surface area contributed by atoms with Crippen LogP contribution in [0.5, 0.6) is 0 Å². The first-order valence-electron chi connectivity index (χ1n) is 6.39. The van der Waals surface area contributed by atoms with Gasteiger partial charge in [0, 0.05) is 0 Å². The van der Waals surface area contributed by atoms with E-state index < -0.39 is 0 Å². The van der Waals surface area contributed by atoms with Crippen LogP contribution in [0, 0.1) is 13.8 Å². The lowest BCUT2D eigenvalue weighted by molar-refractivity contribution is 0.582. The second kappa shape index (κ2) is 4.61. The normalized spacial score (nSPS) is 13.9. The Morgan fingerprint density at radius 2 is 1.62 bits per heavy atom. The van der Waals surface area contributed by atoms with Crippen LogP contribution < -0.4 is 0 Å². The van der Waals surface area contributed by atoms with Crippen molar-refractivity contribution in [3.8, 4) is 0 Å². The fraction of sp³-hybridized carbons (Fsp3) is 0.625. The van der Waals surface area contributed by atoms with E-state index in [-0.39, 0.29) is 5.41 Å². The van der Waals surface area contributed by atoms with Crippen molar-refractivity contribution >= 4 is 0 Å². The summed E-state index contributed by atoms with van der Waals surface area (Å²) in [4.78, 5) is 0. The summed E-state index contributed by atoms with van der Waals surface area (Å²) in [5.74, 6) is 0.668. The molecule has 16 heavy (non-hydrogen) atoms. The third-order valence-electron chi connectivity index (χ3n) is 3.56. The Morgan fingerprint density at radius 1 is 1.06 bits per heavy atom. The van der Waals surface area contributed by atoms with Crippen LogP contribution in [0.15, 0.2) is 12.1 Å². The number of rotatable bonds is 2. The van der Waals surface area contributed by atoms with E-state index in [2.05, 4.69) is 60.6 Å². The molecular weight excluding hydrogens is 192 g/mol. The lowest BCUT2D eigenvalue weighted by Crippen LogP contribution is -2.14. The van der Waals surface area contributed by atoms with Crippen molar-refractivity contribution in [2.24, 2.45) is 0 Å². The largest absolute Gasteiger partial charge is 0.0648 e. The Kier molecular flexibility index (Phi) is 3.83. The molecule has 0 saturated carbocycles. The van der Waals surface area contributed by atoms with Gasteiger partial charge in [-0.15, -0.1) is 0 Å². The van der Waals surface area contributed by atoms with Crippen LogP contribution >= 0.6 is 0 Å². The highest BCUT2D eigenvalue weighted by Crippen LogP contribution is 2.31. The van der Waals surface area contributed by atoms with Gasteiger partial charge in [-0.3, -0.25) is 0 Å². The lowest BCUT2D eigenvalue weighted by Gasteiger charge is -2.25. The second-order valence-electron chi connectivity index (χ2n) is 6.08. The topological polar surface area (TPSA) is 0 Å². The van der Waals surface area contributed by atoms with Gasteiger partial charge < -0.3 is 0 Å². The molecule has 0 fully saturated rings. The molecule has 0 bridgehead atoms. The molecule has 0 aliphatic rings. The maximum atomic E-state index is 2.43. The van der Waals surface area contributed by atoms with Gasteiger partial charge in [0.05, 0.1) is 0 Å². The van der Waals surface area contributed by atoms with Gasteiger partial charge in [0.15, 0.2) is 0 Å². The monoisotopic (exact) mass is 218 g/mol. The van der Waals surface area contributed by atoms with E-state index in [1.54, 1.807) is 0 Å². The molecule has 90 valence electrons. The molecule has 1 rings (SSSR count). The first-order valence-corrected chi connectivity index (χ1v) is 6.39. The van der Waals surface area contributed by atoms with Gasteiger partial charge >= 0.3 is 0 Å². The predicted molar refractivity (Wildman–Crippen MR) is 73.3 cm³/mol. The molecule has 0 nitrogen and oxygen atoms in total. The molecule has 1 aromatic rings. The molecule has 0 aromatic heterocycles. The van der Waals surface area contributed by atoms with Crippen LogP contribution in [0.25, 0.3) is 0 Å². The first-order chi connectivity index (χ1) is 7.27. The van der Waals surface area contributed by atoms with Crippen molar-refractivity contribution in [3.05, 3.63) is 34.4 Å². The van der Waals surface area contributed by atoms with Crippen LogP contribution in [-0.2, 0) is 5.41 Å². The molecule has 0 N–H and O–H groups in total. The number of aryl methyl sites for hydroxylation is 2. The molecule has 0 heteroatoms. The Morgan fingerprint density at radius 3 is 2.06 bits per heavy atom. The smallest absolute Gasteiger partial charge is 0.0129 e. The average Bonchev–Trinajstić information content (AvgIpc) is 2.14. The zero-order valence-electron chi connectivity index (χ0n) is 11.9. The summed E-state index contributed by atoms with van der Waals surface area (Å²) in [5, 5.41) is 0. The number of hydrogen-bond donors (Lipinski definition) is 0. The summed E-state index contributed by atoms with van der Waals surface area (Å²) in [7, 11) is 0. The maximum absolute atomic E-state index is 2.43. The zero-order chi connectivity index (χ0) is 12.5. The summed E-state index contributed by atoms with van der Waals surface area (Å²) >= 11 is 0. The highest BCUT2D eigenvalue weighted by atomic mass is 14.2. The number of benzene rings is 1. The van der Waals surface area contributed by atoms with E-state index in [9.17, 15) is 0 Å². The summed E-state index contributed by atoms with van der Waals surface area (Å²) in [6.07, 6.45) is 1.22. The van der Waals surface area contributed by atoms with Gasteiger partial charge in [0.1, 0.15) is 0 Å². The first kappa shape index (κ1) is 13.3.